The molecule has 0 aliphatic carbocycles. The first-order valence-corrected chi connectivity index (χ1v) is 6.33. The Morgan fingerprint density at radius 1 is 1.11 bits per heavy atom. The summed E-state index contributed by atoms with van der Waals surface area (Å²) in [6.45, 7) is 0.355. The summed E-state index contributed by atoms with van der Waals surface area (Å²) in [6, 6.07) is 14.2. The monoisotopic (exact) mass is 275 g/mol. The second-order valence-corrected chi connectivity index (χ2v) is 4.91. The minimum Gasteiger partial charge on any atom is -0.305 e. The summed E-state index contributed by atoms with van der Waals surface area (Å²) >= 11 is 5.82. The van der Waals surface area contributed by atoms with E-state index >= 15 is 0 Å². The number of halogens is 2. The molecule has 0 N–H and O–H groups in total. The Kier molecular flexibility index (Phi) is 2.99. The number of carbonyl (C=O) groups is 1. The van der Waals surface area contributed by atoms with Crippen LogP contribution in [0.15, 0.2) is 48.5 Å². The standard InChI is InChI=1S/C15H11ClFNO/c16-11-7-5-10(6-8-11)9-18-13-4-2-1-3-12(13)14(17)15(18)19/h1-8,14H,9H2. The van der Waals surface area contributed by atoms with Crippen LogP contribution in [-0.4, -0.2) is 5.91 Å². The highest BCUT2D eigenvalue weighted by Gasteiger charge is 2.36. The lowest BCUT2D eigenvalue weighted by molar-refractivity contribution is -0.122. The lowest BCUT2D eigenvalue weighted by Crippen LogP contribution is -2.27. The summed E-state index contributed by atoms with van der Waals surface area (Å²) in [6.07, 6.45) is -1.55. The molecule has 0 saturated heterocycles. The molecule has 1 aliphatic heterocycles. The van der Waals surface area contributed by atoms with Crippen LogP contribution >= 0.6 is 11.6 Å². The van der Waals surface area contributed by atoms with E-state index in [1.54, 1.807) is 36.4 Å². The lowest BCUT2D eigenvalue weighted by atomic mass is 10.1. The molecule has 3 rings (SSSR count). The van der Waals surface area contributed by atoms with Gasteiger partial charge in [-0.15, -0.1) is 0 Å². The molecule has 0 fully saturated rings. The molecule has 96 valence electrons. The van der Waals surface area contributed by atoms with E-state index in [1.807, 2.05) is 12.1 Å². The van der Waals surface area contributed by atoms with Gasteiger partial charge in [0.1, 0.15) is 0 Å². The highest BCUT2D eigenvalue weighted by molar-refractivity contribution is 6.30. The molecule has 0 bridgehead atoms. The zero-order chi connectivity index (χ0) is 13.4. The van der Waals surface area contributed by atoms with Gasteiger partial charge in [-0.25, -0.2) is 4.39 Å². The van der Waals surface area contributed by atoms with Gasteiger partial charge in [-0.1, -0.05) is 41.9 Å². The number of nitrogens with zero attached hydrogens (tertiary/aromatic N) is 1. The van der Waals surface area contributed by atoms with E-state index in [-0.39, 0.29) is 0 Å². The van der Waals surface area contributed by atoms with Gasteiger partial charge < -0.3 is 4.90 Å². The van der Waals surface area contributed by atoms with Gasteiger partial charge in [0.2, 0.25) is 6.17 Å². The van der Waals surface area contributed by atoms with Crippen LogP contribution in [0.2, 0.25) is 5.02 Å². The molecule has 0 saturated carbocycles. The fourth-order valence-electron chi connectivity index (χ4n) is 2.27. The maximum Gasteiger partial charge on any atom is 0.266 e. The fraction of sp³-hybridized carbons (Fsp3) is 0.133. The SMILES string of the molecule is O=C1C(F)c2ccccc2N1Cc1ccc(Cl)cc1. The number of fused-ring (bicyclic) bond motifs is 1. The molecule has 2 aromatic rings. The predicted octanol–water partition coefficient (Wildman–Crippen LogP) is 3.90. The van der Waals surface area contributed by atoms with Crippen molar-refractivity contribution in [1.29, 1.82) is 0 Å². The third-order valence-electron chi connectivity index (χ3n) is 3.24. The molecule has 1 amide bonds. The molecular weight excluding hydrogens is 265 g/mol. The van der Waals surface area contributed by atoms with Crippen LogP contribution in [0.25, 0.3) is 0 Å². The van der Waals surface area contributed by atoms with E-state index in [1.165, 1.54) is 4.90 Å². The van der Waals surface area contributed by atoms with Crippen LogP contribution in [0, 0.1) is 0 Å². The van der Waals surface area contributed by atoms with Crippen molar-refractivity contribution in [3.63, 3.8) is 0 Å². The quantitative estimate of drug-likeness (QED) is 0.814. The van der Waals surface area contributed by atoms with Crippen molar-refractivity contribution in [2.24, 2.45) is 0 Å². The van der Waals surface area contributed by atoms with E-state index in [2.05, 4.69) is 0 Å². The Morgan fingerprint density at radius 2 is 1.79 bits per heavy atom. The minimum absolute atomic E-state index is 0.355. The maximum atomic E-state index is 13.9. The number of hydrogen-bond acceptors (Lipinski definition) is 1. The number of anilines is 1. The van der Waals surface area contributed by atoms with Crippen LogP contribution < -0.4 is 4.90 Å². The van der Waals surface area contributed by atoms with E-state index < -0.39 is 12.1 Å². The first kappa shape index (κ1) is 12.2. The van der Waals surface area contributed by atoms with E-state index in [0.29, 0.717) is 22.8 Å². The van der Waals surface area contributed by atoms with Crippen LogP contribution in [0.3, 0.4) is 0 Å². The number of para-hydroxylation sites is 1. The molecule has 1 unspecified atom stereocenters. The molecular formula is C15H11ClFNO. The Balaban J connectivity index is 1.93. The van der Waals surface area contributed by atoms with Gasteiger partial charge in [-0.05, 0) is 23.8 Å². The zero-order valence-electron chi connectivity index (χ0n) is 10.0. The van der Waals surface area contributed by atoms with Gasteiger partial charge in [0.05, 0.1) is 12.2 Å². The molecule has 0 radical (unpaired) electrons. The maximum absolute atomic E-state index is 13.9. The average molecular weight is 276 g/mol. The largest absolute Gasteiger partial charge is 0.305 e. The number of carbonyl (C=O) groups excluding carboxylic acids is 1. The van der Waals surface area contributed by atoms with Crippen LogP contribution in [0.5, 0.6) is 0 Å². The number of rotatable bonds is 2. The summed E-state index contributed by atoms with van der Waals surface area (Å²) in [5.74, 6) is -0.504. The Hall–Kier alpha value is -1.87. The van der Waals surface area contributed by atoms with Crippen molar-refractivity contribution in [2.45, 2.75) is 12.7 Å². The summed E-state index contributed by atoms with van der Waals surface area (Å²) in [4.78, 5) is 13.4. The van der Waals surface area contributed by atoms with Gasteiger partial charge in [0.15, 0.2) is 0 Å². The molecule has 2 nitrogen and oxygen atoms in total. The Labute approximate surface area is 115 Å². The topological polar surface area (TPSA) is 20.3 Å². The normalized spacial score (nSPS) is 17.7. The highest BCUT2D eigenvalue weighted by atomic mass is 35.5. The number of hydrogen-bond donors (Lipinski definition) is 0. The summed E-state index contributed by atoms with van der Waals surface area (Å²) < 4.78 is 13.9. The number of alkyl halides is 1. The number of benzene rings is 2. The molecule has 0 aromatic heterocycles. The first-order valence-electron chi connectivity index (χ1n) is 5.95. The van der Waals surface area contributed by atoms with Gasteiger partial charge in [-0.3, -0.25) is 4.79 Å². The second-order valence-electron chi connectivity index (χ2n) is 4.47. The second kappa shape index (κ2) is 4.67. The molecule has 1 atom stereocenters. The van der Waals surface area contributed by atoms with Crippen LogP contribution in [0.1, 0.15) is 17.3 Å². The molecule has 1 aliphatic rings. The molecule has 19 heavy (non-hydrogen) atoms. The lowest BCUT2D eigenvalue weighted by Gasteiger charge is -2.17. The Bertz CT molecular complexity index is 626. The summed E-state index contributed by atoms with van der Waals surface area (Å²) in [7, 11) is 0. The highest BCUT2D eigenvalue weighted by Crippen LogP contribution is 2.38. The molecule has 1 heterocycles. The summed E-state index contributed by atoms with van der Waals surface area (Å²) in [5, 5.41) is 0.639. The van der Waals surface area contributed by atoms with Gasteiger partial charge in [0.25, 0.3) is 5.91 Å². The van der Waals surface area contributed by atoms with Crippen molar-refractivity contribution in [3.8, 4) is 0 Å². The van der Waals surface area contributed by atoms with E-state index in [0.717, 1.165) is 5.56 Å². The predicted molar refractivity (Wildman–Crippen MR) is 72.9 cm³/mol. The number of amides is 1. The van der Waals surface area contributed by atoms with Crippen molar-refractivity contribution in [2.75, 3.05) is 4.90 Å². The molecule has 2 aromatic carbocycles. The smallest absolute Gasteiger partial charge is 0.266 e. The van der Waals surface area contributed by atoms with Crippen molar-refractivity contribution < 1.29 is 9.18 Å². The first-order chi connectivity index (χ1) is 9.16. The van der Waals surface area contributed by atoms with Crippen molar-refractivity contribution in [3.05, 3.63) is 64.7 Å². The average Bonchev–Trinajstić information content (AvgIpc) is 2.67. The van der Waals surface area contributed by atoms with Gasteiger partial charge in [0, 0.05) is 10.6 Å². The zero-order valence-corrected chi connectivity index (χ0v) is 10.8. The van der Waals surface area contributed by atoms with Crippen LogP contribution in [-0.2, 0) is 11.3 Å². The fourth-order valence-corrected chi connectivity index (χ4v) is 2.40. The van der Waals surface area contributed by atoms with Gasteiger partial charge in [-0.2, -0.15) is 0 Å². The third-order valence-corrected chi connectivity index (χ3v) is 3.49. The van der Waals surface area contributed by atoms with Crippen molar-refractivity contribution in [1.82, 2.24) is 0 Å². The third kappa shape index (κ3) is 2.10. The molecule has 4 heteroatoms. The summed E-state index contributed by atoms with van der Waals surface area (Å²) in [5.41, 5.74) is 2.01. The van der Waals surface area contributed by atoms with Crippen LogP contribution in [0.4, 0.5) is 10.1 Å². The molecule has 0 spiro atoms. The Morgan fingerprint density at radius 3 is 2.53 bits per heavy atom. The van der Waals surface area contributed by atoms with E-state index in [4.69, 9.17) is 11.6 Å². The minimum atomic E-state index is -1.55. The van der Waals surface area contributed by atoms with Crippen molar-refractivity contribution >= 4 is 23.2 Å². The van der Waals surface area contributed by atoms with Gasteiger partial charge >= 0.3 is 0 Å². The van der Waals surface area contributed by atoms with E-state index in [9.17, 15) is 9.18 Å².